The molecule has 0 amide bonds. The molecule has 1 saturated heterocycles. The highest BCUT2D eigenvalue weighted by atomic mass is 16.7. The smallest absolute Gasteiger partial charge is 0.231 e. The molecule has 2 heterocycles. The second-order valence-corrected chi connectivity index (χ2v) is 5.99. The molecule has 2 aromatic rings. The largest absolute Gasteiger partial charge is 0.454 e. The van der Waals surface area contributed by atoms with Crippen molar-refractivity contribution >= 4 is 5.69 Å². The molecule has 1 atom stereocenters. The Morgan fingerprint density at radius 1 is 1.09 bits per heavy atom. The summed E-state index contributed by atoms with van der Waals surface area (Å²) in [5.74, 6) is 1.72. The molecule has 0 spiro atoms. The van der Waals surface area contributed by atoms with E-state index in [4.69, 9.17) is 15.2 Å². The fourth-order valence-electron chi connectivity index (χ4n) is 3.44. The third-order valence-electron chi connectivity index (χ3n) is 4.48. The van der Waals surface area contributed by atoms with Crippen molar-refractivity contribution in [1.29, 1.82) is 0 Å². The van der Waals surface area contributed by atoms with E-state index >= 15 is 0 Å². The van der Waals surface area contributed by atoms with Gasteiger partial charge in [-0.2, -0.15) is 0 Å². The lowest BCUT2D eigenvalue weighted by Crippen LogP contribution is -2.22. The summed E-state index contributed by atoms with van der Waals surface area (Å²) < 4.78 is 10.9. The Hall–Kier alpha value is -2.20. The molecule has 114 valence electrons. The molecule has 4 nitrogen and oxygen atoms in total. The van der Waals surface area contributed by atoms with E-state index in [1.807, 2.05) is 18.2 Å². The molecule has 0 aromatic heterocycles. The molecule has 0 radical (unpaired) electrons. The van der Waals surface area contributed by atoms with Gasteiger partial charge in [-0.3, -0.25) is 4.90 Å². The van der Waals surface area contributed by atoms with Crippen LogP contribution in [0.25, 0.3) is 0 Å². The number of hydrogen-bond acceptors (Lipinski definition) is 4. The second-order valence-electron chi connectivity index (χ2n) is 5.99. The van der Waals surface area contributed by atoms with Gasteiger partial charge in [0.05, 0.1) is 0 Å². The standard InChI is InChI=1S/C18H20N2O2/c19-15-4-1-3-13(9-15)11-20-8-2-5-16(20)14-6-7-17-18(10-14)22-12-21-17/h1,3-4,6-7,9-10,16H,2,5,8,11-12,19H2. The fraction of sp³-hybridized carbons (Fsp3) is 0.333. The Kier molecular flexibility index (Phi) is 3.39. The first-order valence-corrected chi connectivity index (χ1v) is 7.77. The Morgan fingerprint density at radius 3 is 2.91 bits per heavy atom. The SMILES string of the molecule is Nc1cccc(CN2CCCC2c2ccc3c(c2)OCO3)c1. The summed E-state index contributed by atoms with van der Waals surface area (Å²) in [6.45, 7) is 2.38. The molecule has 4 heteroatoms. The van der Waals surface area contributed by atoms with E-state index in [0.29, 0.717) is 12.8 Å². The van der Waals surface area contributed by atoms with E-state index in [-0.39, 0.29) is 0 Å². The number of anilines is 1. The molecule has 0 saturated carbocycles. The highest BCUT2D eigenvalue weighted by Crippen LogP contribution is 2.39. The van der Waals surface area contributed by atoms with Crippen LogP contribution in [0.5, 0.6) is 11.5 Å². The van der Waals surface area contributed by atoms with E-state index in [2.05, 4.69) is 29.2 Å². The van der Waals surface area contributed by atoms with Gasteiger partial charge in [0.2, 0.25) is 6.79 Å². The average molecular weight is 296 g/mol. The summed E-state index contributed by atoms with van der Waals surface area (Å²) in [6, 6.07) is 14.9. The van der Waals surface area contributed by atoms with Gasteiger partial charge in [-0.25, -0.2) is 0 Å². The van der Waals surface area contributed by atoms with Crippen LogP contribution in [0, 0.1) is 0 Å². The highest BCUT2D eigenvalue weighted by Gasteiger charge is 2.27. The number of likely N-dealkylation sites (tertiary alicyclic amines) is 1. The number of benzene rings is 2. The van der Waals surface area contributed by atoms with Crippen molar-refractivity contribution in [3.63, 3.8) is 0 Å². The molecule has 2 aromatic carbocycles. The van der Waals surface area contributed by atoms with Crippen LogP contribution < -0.4 is 15.2 Å². The molecule has 1 fully saturated rings. The molecular formula is C18H20N2O2. The van der Waals surface area contributed by atoms with Crippen molar-refractivity contribution < 1.29 is 9.47 Å². The highest BCUT2D eigenvalue weighted by molar-refractivity contribution is 5.45. The maximum atomic E-state index is 5.89. The summed E-state index contributed by atoms with van der Waals surface area (Å²) in [5.41, 5.74) is 9.30. The van der Waals surface area contributed by atoms with Gasteiger partial charge in [-0.05, 0) is 54.8 Å². The van der Waals surface area contributed by atoms with E-state index in [0.717, 1.165) is 30.3 Å². The number of nitrogen functional groups attached to an aromatic ring is 1. The predicted octanol–water partition coefficient (Wildman–Crippen LogP) is 3.33. The molecule has 0 bridgehead atoms. The van der Waals surface area contributed by atoms with Crippen LogP contribution in [0.1, 0.15) is 30.0 Å². The number of hydrogen-bond donors (Lipinski definition) is 1. The van der Waals surface area contributed by atoms with Gasteiger partial charge in [0.15, 0.2) is 11.5 Å². The Morgan fingerprint density at radius 2 is 2.00 bits per heavy atom. The van der Waals surface area contributed by atoms with Crippen LogP contribution in [-0.2, 0) is 6.54 Å². The summed E-state index contributed by atoms with van der Waals surface area (Å²) in [6.07, 6.45) is 2.41. The van der Waals surface area contributed by atoms with Crippen molar-refractivity contribution in [1.82, 2.24) is 4.90 Å². The third-order valence-corrected chi connectivity index (χ3v) is 4.48. The predicted molar refractivity (Wildman–Crippen MR) is 85.8 cm³/mol. The lowest BCUT2D eigenvalue weighted by molar-refractivity contribution is 0.174. The van der Waals surface area contributed by atoms with Crippen LogP contribution in [0.4, 0.5) is 5.69 Å². The number of nitrogens with zero attached hydrogens (tertiary/aromatic N) is 1. The number of ether oxygens (including phenoxy) is 2. The summed E-state index contributed by atoms with van der Waals surface area (Å²) in [5, 5.41) is 0. The molecule has 22 heavy (non-hydrogen) atoms. The van der Waals surface area contributed by atoms with Gasteiger partial charge in [0.1, 0.15) is 0 Å². The van der Waals surface area contributed by atoms with Crippen LogP contribution >= 0.6 is 0 Å². The van der Waals surface area contributed by atoms with Crippen molar-refractivity contribution in [2.75, 3.05) is 19.1 Å². The summed E-state index contributed by atoms with van der Waals surface area (Å²) >= 11 is 0. The first-order valence-electron chi connectivity index (χ1n) is 7.77. The summed E-state index contributed by atoms with van der Waals surface area (Å²) in [7, 11) is 0. The fourth-order valence-corrected chi connectivity index (χ4v) is 3.44. The molecule has 2 aliphatic heterocycles. The minimum Gasteiger partial charge on any atom is -0.454 e. The van der Waals surface area contributed by atoms with Gasteiger partial charge in [-0.15, -0.1) is 0 Å². The van der Waals surface area contributed by atoms with Gasteiger partial charge in [0, 0.05) is 18.3 Å². The van der Waals surface area contributed by atoms with Crippen LogP contribution in [0.15, 0.2) is 42.5 Å². The van der Waals surface area contributed by atoms with Crippen LogP contribution in [-0.4, -0.2) is 18.2 Å². The molecule has 2 N–H and O–H groups in total. The van der Waals surface area contributed by atoms with Gasteiger partial charge in [-0.1, -0.05) is 18.2 Å². The minimum atomic E-state index is 0.330. The zero-order valence-corrected chi connectivity index (χ0v) is 12.5. The Labute approximate surface area is 130 Å². The zero-order valence-electron chi connectivity index (χ0n) is 12.5. The zero-order chi connectivity index (χ0) is 14.9. The second kappa shape index (κ2) is 5.54. The maximum absolute atomic E-state index is 5.89. The quantitative estimate of drug-likeness (QED) is 0.883. The lowest BCUT2D eigenvalue weighted by atomic mass is 10.0. The van der Waals surface area contributed by atoms with Gasteiger partial charge < -0.3 is 15.2 Å². The lowest BCUT2D eigenvalue weighted by Gasteiger charge is -2.25. The van der Waals surface area contributed by atoms with E-state index < -0.39 is 0 Å². The topological polar surface area (TPSA) is 47.7 Å². The van der Waals surface area contributed by atoms with Crippen LogP contribution in [0.3, 0.4) is 0 Å². The van der Waals surface area contributed by atoms with E-state index in [1.54, 1.807) is 0 Å². The molecule has 4 rings (SSSR count). The first-order chi connectivity index (χ1) is 10.8. The minimum absolute atomic E-state index is 0.330. The number of nitrogens with two attached hydrogens (primary N) is 1. The van der Waals surface area contributed by atoms with Crippen molar-refractivity contribution in [2.24, 2.45) is 0 Å². The molecular weight excluding hydrogens is 276 g/mol. The van der Waals surface area contributed by atoms with Crippen molar-refractivity contribution in [3.8, 4) is 11.5 Å². The molecule has 2 aliphatic rings. The van der Waals surface area contributed by atoms with Gasteiger partial charge >= 0.3 is 0 Å². The Bertz CT molecular complexity index is 687. The normalized spacial score (nSPS) is 20.5. The number of rotatable bonds is 3. The maximum Gasteiger partial charge on any atom is 0.231 e. The monoisotopic (exact) mass is 296 g/mol. The Balaban J connectivity index is 1.56. The van der Waals surface area contributed by atoms with Crippen molar-refractivity contribution in [3.05, 3.63) is 53.6 Å². The van der Waals surface area contributed by atoms with Gasteiger partial charge in [0.25, 0.3) is 0 Å². The third kappa shape index (κ3) is 2.50. The molecule has 1 unspecified atom stereocenters. The molecule has 0 aliphatic carbocycles. The average Bonchev–Trinajstić information content (AvgIpc) is 3.15. The van der Waals surface area contributed by atoms with Crippen molar-refractivity contribution in [2.45, 2.75) is 25.4 Å². The number of fused-ring (bicyclic) bond motifs is 1. The first kappa shape index (κ1) is 13.5. The van der Waals surface area contributed by atoms with E-state index in [1.165, 1.54) is 24.0 Å². The van der Waals surface area contributed by atoms with Crippen LogP contribution in [0.2, 0.25) is 0 Å². The van der Waals surface area contributed by atoms with E-state index in [9.17, 15) is 0 Å². The summed E-state index contributed by atoms with van der Waals surface area (Å²) in [4.78, 5) is 2.52.